The fourth-order valence-corrected chi connectivity index (χ4v) is 2.72. The molecular weight excluding hydrogens is 302 g/mol. The van der Waals surface area contributed by atoms with E-state index in [1.807, 2.05) is 0 Å². The van der Waals surface area contributed by atoms with Gasteiger partial charge in [-0.25, -0.2) is 4.79 Å². The highest BCUT2D eigenvalue weighted by molar-refractivity contribution is 5.85. The number of aromatic amines is 1. The van der Waals surface area contributed by atoms with Crippen LogP contribution in [0.2, 0.25) is 0 Å². The number of ether oxygens (including phenoxy) is 1. The van der Waals surface area contributed by atoms with Crippen molar-refractivity contribution in [3.8, 4) is 0 Å². The summed E-state index contributed by atoms with van der Waals surface area (Å²) in [7, 11) is 4.17. The number of carbonyl (C=O) groups excluding carboxylic acids is 1. The molecular formula is C16H22ClN3O2. The number of hydrogen-bond donors (Lipinski definition) is 2. The molecule has 0 bridgehead atoms. The number of alkyl carbamates (subject to hydrolysis) is 1. The maximum Gasteiger partial charge on any atom is 0.407 e. The van der Waals surface area contributed by atoms with Gasteiger partial charge in [-0.15, -0.1) is 12.4 Å². The SMILES string of the molecule is CN(C)CCc1c[nH]c2ccc(CC3COC(=O)N3)cc12.Cl. The van der Waals surface area contributed by atoms with Crippen LogP contribution in [0.15, 0.2) is 24.4 Å². The number of hydrogen-bond acceptors (Lipinski definition) is 3. The molecule has 0 saturated carbocycles. The van der Waals surface area contributed by atoms with Crippen molar-refractivity contribution < 1.29 is 9.53 Å². The second-order valence-electron chi connectivity index (χ2n) is 5.89. The molecule has 0 radical (unpaired) electrons. The number of amides is 1. The molecule has 1 aromatic carbocycles. The lowest BCUT2D eigenvalue weighted by Crippen LogP contribution is -2.28. The summed E-state index contributed by atoms with van der Waals surface area (Å²) >= 11 is 0. The van der Waals surface area contributed by atoms with E-state index >= 15 is 0 Å². The van der Waals surface area contributed by atoms with E-state index in [4.69, 9.17) is 4.74 Å². The van der Waals surface area contributed by atoms with Crippen molar-refractivity contribution in [3.63, 3.8) is 0 Å². The Morgan fingerprint density at radius 3 is 2.86 bits per heavy atom. The van der Waals surface area contributed by atoms with Gasteiger partial charge in [0.15, 0.2) is 0 Å². The van der Waals surface area contributed by atoms with Crippen LogP contribution in [0, 0.1) is 0 Å². The molecule has 0 spiro atoms. The predicted octanol–water partition coefficient (Wildman–Crippen LogP) is 2.34. The van der Waals surface area contributed by atoms with Crippen LogP contribution in [-0.4, -0.2) is 49.3 Å². The van der Waals surface area contributed by atoms with Gasteiger partial charge < -0.3 is 19.9 Å². The van der Waals surface area contributed by atoms with Crippen LogP contribution in [0.1, 0.15) is 11.1 Å². The summed E-state index contributed by atoms with van der Waals surface area (Å²) in [6, 6.07) is 6.53. The number of H-pyrrole nitrogens is 1. The number of cyclic esters (lactones) is 1. The van der Waals surface area contributed by atoms with Gasteiger partial charge in [0, 0.05) is 23.6 Å². The standard InChI is InChI=1S/C16H21N3O2.ClH/c1-19(2)6-5-12-9-17-15-4-3-11(8-14(12)15)7-13-10-21-16(20)18-13;/h3-4,8-9,13,17H,5-7,10H2,1-2H3,(H,18,20);1H. The first-order valence-electron chi connectivity index (χ1n) is 7.29. The number of halogens is 1. The van der Waals surface area contributed by atoms with Crippen molar-refractivity contribution in [2.75, 3.05) is 27.2 Å². The Bertz CT molecular complexity index is 654. The highest BCUT2D eigenvalue weighted by atomic mass is 35.5. The number of nitrogens with zero attached hydrogens (tertiary/aromatic N) is 1. The number of aromatic nitrogens is 1. The van der Waals surface area contributed by atoms with Crippen molar-refractivity contribution in [3.05, 3.63) is 35.5 Å². The highest BCUT2D eigenvalue weighted by Crippen LogP contribution is 2.21. The number of carbonyl (C=O) groups is 1. The summed E-state index contributed by atoms with van der Waals surface area (Å²) in [5.74, 6) is 0. The van der Waals surface area contributed by atoms with Crippen LogP contribution in [0.3, 0.4) is 0 Å². The van der Waals surface area contributed by atoms with Crippen molar-refractivity contribution in [2.45, 2.75) is 18.9 Å². The van der Waals surface area contributed by atoms with Gasteiger partial charge in [0.2, 0.25) is 0 Å². The fourth-order valence-electron chi connectivity index (χ4n) is 2.72. The molecule has 2 aromatic rings. The molecule has 1 unspecified atom stereocenters. The van der Waals surface area contributed by atoms with Crippen molar-refractivity contribution in [1.29, 1.82) is 0 Å². The molecule has 2 heterocycles. The summed E-state index contributed by atoms with van der Waals surface area (Å²) in [6.07, 6.45) is 3.62. The number of likely N-dealkylation sites (N-methyl/N-ethyl adjacent to an activating group) is 1. The van der Waals surface area contributed by atoms with Crippen molar-refractivity contribution in [2.24, 2.45) is 0 Å². The van der Waals surface area contributed by atoms with E-state index < -0.39 is 0 Å². The first-order chi connectivity index (χ1) is 10.1. The quantitative estimate of drug-likeness (QED) is 0.888. The first-order valence-corrected chi connectivity index (χ1v) is 7.29. The number of fused-ring (bicyclic) bond motifs is 1. The average Bonchev–Trinajstić information content (AvgIpc) is 3.03. The van der Waals surface area contributed by atoms with Crippen LogP contribution in [-0.2, 0) is 17.6 Å². The summed E-state index contributed by atoms with van der Waals surface area (Å²) < 4.78 is 4.94. The van der Waals surface area contributed by atoms with Crippen LogP contribution in [0.25, 0.3) is 10.9 Å². The van der Waals surface area contributed by atoms with Gasteiger partial charge in [-0.2, -0.15) is 0 Å². The van der Waals surface area contributed by atoms with Crippen LogP contribution in [0.4, 0.5) is 4.79 Å². The van der Waals surface area contributed by atoms with Crippen molar-refractivity contribution in [1.82, 2.24) is 15.2 Å². The smallest absolute Gasteiger partial charge is 0.407 e. The Balaban J connectivity index is 0.00000176. The molecule has 6 heteroatoms. The molecule has 0 aliphatic carbocycles. The minimum atomic E-state index is -0.311. The lowest BCUT2D eigenvalue weighted by molar-refractivity contribution is 0.177. The van der Waals surface area contributed by atoms with Gasteiger partial charge in [0.1, 0.15) is 6.61 Å². The van der Waals surface area contributed by atoms with E-state index in [1.165, 1.54) is 22.0 Å². The van der Waals surface area contributed by atoms with E-state index in [2.05, 4.69) is 53.7 Å². The molecule has 22 heavy (non-hydrogen) atoms. The third-order valence-electron chi connectivity index (χ3n) is 3.88. The molecule has 1 fully saturated rings. The van der Waals surface area contributed by atoms with Gasteiger partial charge in [-0.1, -0.05) is 6.07 Å². The molecule has 1 saturated heterocycles. The first kappa shape index (κ1) is 16.6. The molecule has 5 nitrogen and oxygen atoms in total. The van der Waals surface area contributed by atoms with Crippen LogP contribution < -0.4 is 5.32 Å². The Labute approximate surface area is 136 Å². The van der Waals surface area contributed by atoms with Crippen LogP contribution >= 0.6 is 12.4 Å². The second-order valence-corrected chi connectivity index (χ2v) is 5.89. The Kier molecular flexibility index (Phi) is 5.32. The second kappa shape index (κ2) is 7.03. The summed E-state index contributed by atoms with van der Waals surface area (Å²) in [5.41, 5.74) is 3.73. The lowest BCUT2D eigenvalue weighted by atomic mass is 10.0. The molecule has 1 aliphatic heterocycles. The zero-order valence-electron chi connectivity index (χ0n) is 12.9. The van der Waals surface area contributed by atoms with Gasteiger partial charge in [-0.3, -0.25) is 0 Å². The Morgan fingerprint density at radius 1 is 1.36 bits per heavy atom. The third kappa shape index (κ3) is 3.72. The normalized spacial score (nSPS) is 17.4. The highest BCUT2D eigenvalue weighted by Gasteiger charge is 2.22. The van der Waals surface area contributed by atoms with Gasteiger partial charge >= 0.3 is 6.09 Å². The molecule has 1 aromatic heterocycles. The minimum absolute atomic E-state index is 0. The van der Waals surface area contributed by atoms with E-state index in [0.717, 1.165) is 19.4 Å². The van der Waals surface area contributed by atoms with E-state index in [0.29, 0.717) is 6.61 Å². The molecule has 2 N–H and O–H groups in total. The number of benzene rings is 1. The van der Waals surface area contributed by atoms with Gasteiger partial charge in [-0.05, 0) is 50.2 Å². The fraction of sp³-hybridized carbons (Fsp3) is 0.438. The molecule has 3 rings (SSSR count). The Hall–Kier alpha value is -1.72. The zero-order chi connectivity index (χ0) is 14.8. The van der Waals surface area contributed by atoms with Crippen molar-refractivity contribution >= 4 is 29.4 Å². The largest absolute Gasteiger partial charge is 0.447 e. The predicted molar refractivity (Wildman–Crippen MR) is 89.8 cm³/mol. The lowest BCUT2D eigenvalue weighted by Gasteiger charge is -2.09. The summed E-state index contributed by atoms with van der Waals surface area (Å²) in [4.78, 5) is 16.6. The monoisotopic (exact) mass is 323 g/mol. The van der Waals surface area contributed by atoms with Gasteiger partial charge in [0.25, 0.3) is 0 Å². The maximum atomic E-state index is 11.1. The maximum absolute atomic E-state index is 11.1. The summed E-state index contributed by atoms with van der Waals surface area (Å²) in [5, 5.41) is 4.10. The molecule has 120 valence electrons. The molecule has 1 amide bonds. The van der Waals surface area contributed by atoms with E-state index in [1.54, 1.807) is 0 Å². The van der Waals surface area contributed by atoms with Crippen LogP contribution in [0.5, 0.6) is 0 Å². The molecule has 1 atom stereocenters. The topological polar surface area (TPSA) is 57.4 Å². The third-order valence-corrected chi connectivity index (χ3v) is 3.88. The van der Waals surface area contributed by atoms with E-state index in [9.17, 15) is 4.79 Å². The van der Waals surface area contributed by atoms with E-state index in [-0.39, 0.29) is 24.5 Å². The summed E-state index contributed by atoms with van der Waals surface area (Å²) in [6.45, 7) is 1.49. The number of nitrogens with one attached hydrogen (secondary N) is 2. The molecule has 1 aliphatic rings. The Morgan fingerprint density at radius 2 is 2.18 bits per heavy atom. The zero-order valence-corrected chi connectivity index (χ0v) is 13.7. The average molecular weight is 324 g/mol. The van der Waals surface area contributed by atoms with Gasteiger partial charge in [0.05, 0.1) is 6.04 Å². The number of rotatable bonds is 5. The minimum Gasteiger partial charge on any atom is -0.447 e.